The molecular weight excluding hydrogens is 519 g/mol. The van der Waals surface area contributed by atoms with E-state index in [4.69, 9.17) is 14.0 Å². The molecule has 220 valence electrons. The number of nitrogens with one attached hydrogen (secondary N) is 1. The van der Waals surface area contributed by atoms with Crippen LogP contribution in [0.25, 0.3) is 0 Å². The molecule has 5 N–H and O–H groups in total. The number of nitrogens with zero attached hydrogens (tertiary/aromatic N) is 1. The highest BCUT2D eigenvalue weighted by Gasteiger charge is 2.45. The monoisotopic (exact) mass is 564 g/mol. The zero-order valence-corrected chi connectivity index (χ0v) is 23.2. The first-order chi connectivity index (χ1) is 18.2. The topological polar surface area (TPSA) is 181 Å². The lowest BCUT2D eigenvalue weighted by molar-refractivity contribution is -0.0750. The minimum absolute atomic E-state index is 0.236. The molecule has 5 atom stereocenters. The Labute approximate surface area is 223 Å². The molecule has 2 rings (SSSR count). The van der Waals surface area contributed by atoms with Crippen LogP contribution in [0.1, 0.15) is 96.6 Å². The Morgan fingerprint density at radius 2 is 1.63 bits per heavy atom. The van der Waals surface area contributed by atoms with Gasteiger partial charge >= 0.3 is 13.5 Å². The number of rotatable bonds is 20. The lowest BCUT2D eigenvalue weighted by Gasteiger charge is -2.22. The van der Waals surface area contributed by atoms with E-state index in [1.165, 1.54) is 38.3 Å². The highest BCUT2D eigenvalue weighted by molar-refractivity contribution is 7.46. The van der Waals surface area contributed by atoms with E-state index in [1.54, 1.807) is 0 Å². The number of ether oxygens (including phenoxy) is 2. The largest absolute Gasteiger partial charge is 0.469 e. The van der Waals surface area contributed by atoms with Gasteiger partial charge in [0.25, 0.3) is 5.56 Å². The van der Waals surface area contributed by atoms with Gasteiger partial charge in [-0.1, -0.05) is 71.1 Å². The molecule has 12 nitrogen and oxygen atoms in total. The summed E-state index contributed by atoms with van der Waals surface area (Å²) in [7, 11) is -4.57. The second kappa shape index (κ2) is 17.3. The van der Waals surface area contributed by atoms with Gasteiger partial charge in [-0.3, -0.25) is 18.9 Å². The van der Waals surface area contributed by atoms with Crippen LogP contribution in [0.3, 0.4) is 0 Å². The van der Waals surface area contributed by atoms with E-state index >= 15 is 0 Å². The van der Waals surface area contributed by atoms with E-state index in [2.05, 4.69) is 11.9 Å². The van der Waals surface area contributed by atoms with E-state index in [-0.39, 0.29) is 6.61 Å². The normalized spacial score (nSPS) is 22.7. The maximum absolute atomic E-state index is 12.2. The molecule has 13 heteroatoms. The number of aromatic amines is 1. The number of phosphoric ester groups is 1. The third-order valence-corrected chi connectivity index (χ3v) is 7.34. The Hall–Kier alpha value is -1.37. The molecule has 0 amide bonds. The molecule has 1 aliphatic rings. The van der Waals surface area contributed by atoms with Crippen molar-refractivity contribution in [2.45, 2.75) is 121 Å². The number of aliphatic hydroxyl groups excluding tert-OH is 2. The Kier molecular flexibility index (Phi) is 15.0. The molecule has 1 fully saturated rings. The van der Waals surface area contributed by atoms with Crippen molar-refractivity contribution >= 4 is 7.82 Å². The number of phosphoric acid groups is 1. The minimum atomic E-state index is -4.57. The van der Waals surface area contributed by atoms with Gasteiger partial charge in [0.15, 0.2) is 6.23 Å². The second-order valence-corrected chi connectivity index (χ2v) is 11.1. The number of H-pyrrole nitrogens is 1. The first-order valence-corrected chi connectivity index (χ1v) is 15.3. The van der Waals surface area contributed by atoms with E-state index in [9.17, 15) is 34.2 Å². The van der Waals surface area contributed by atoms with Gasteiger partial charge < -0.3 is 29.5 Å². The van der Waals surface area contributed by atoms with Gasteiger partial charge in [-0.25, -0.2) is 9.36 Å². The number of hydrogen-bond donors (Lipinski definition) is 5. The van der Waals surface area contributed by atoms with Crippen molar-refractivity contribution in [1.29, 1.82) is 0 Å². The van der Waals surface area contributed by atoms with Crippen molar-refractivity contribution in [1.82, 2.24) is 9.55 Å². The zero-order chi connectivity index (χ0) is 28.0. The molecule has 1 saturated heterocycles. The Morgan fingerprint density at radius 1 is 1.03 bits per heavy atom. The number of aliphatic hydroxyl groups is 2. The molecule has 38 heavy (non-hydrogen) atoms. The average Bonchev–Trinajstić information content (AvgIpc) is 3.16. The third-order valence-electron chi connectivity index (χ3n) is 6.76. The molecule has 1 aliphatic heterocycles. The van der Waals surface area contributed by atoms with Gasteiger partial charge in [0, 0.05) is 18.9 Å². The number of hydrogen-bond acceptors (Lipinski definition) is 8. The van der Waals surface area contributed by atoms with Crippen molar-refractivity contribution in [3.05, 3.63) is 33.1 Å². The fourth-order valence-corrected chi connectivity index (χ4v) is 5.32. The lowest BCUT2D eigenvalue weighted by Crippen LogP contribution is -2.39. The van der Waals surface area contributed by atoms with Crippen LogP contribution >= 0.6 is 7.82 Å². The molecule has 0 radical (unpaired) electrons. The first kappa shape index (κ1) is 32.8. The van der Waals surface area contributed by atoms with Crippen LogP contribution in [0.4, 0.5) is 0 Å². The second-order valence-electron chi connectivity index (χ2n) is 9.92. The van der Waals surface area contributed by atoms with Gasteiger partial charge in [0.05, 0.1) is 12.7 Å². The average molecular weight is 565 g/mol. The molecule has 0 aliphatic carbocycles. The van der Waals surface area contributed by atoms with Gasteiger partial charge in [0.2, 0.25) is 0 Å². The van der Waals surface area contributed by atoms with Crippen LogP contribution in [0, 0.1) is 0 Å². The molecule has 2 heterocycles. The molecule has 1 aromatic rings. The summed E-state index contributed by atoms with van der Waals surface area (Å²) in [6.45, 7) is 1.96. The van der Waals surface area contributed by atoms with Crippen molar-refractivity contribution in [3.8, 4) is 0 Å². The summed E-state index contributed by atoms with van der Waals surface area (Å²) < 4.78 is 28.9. The van der Waals surface area contributed by atoms with Crippen LogP contribution in [0.2, 0.25) is 0 Å². The highest BCUT2D eigenvalue weighted by atomic mass is 31.2. The minimum Gasteiger partial charge on any atom is -0.394 e. The molecule has 1 unspecified atom stereocenters. The van der Waals surface area contributed by atoms with Crippen molar-refractivity contribution in [3.63, 3.8) is 0 Å². The predicted molar refractivity (Wildman–Crippen MR) is 141 cm³/mol. The van der Waals surface area contributed by atoms with E-state index in [0.29, 0.717) is 32.1 Å². The molecule has 0 spiro atoms. The van der Waals surface area contributed by atoms with Crippen molar-refractivity contribution in [2.75, 3.05) is 13.2 Å². The summed E-state index contributed by atoms with van der Waals surface area (Å²) in [5.74, 6) is 0. The quantitative estimate of drug-likeness (QED) is 0.117. The van der Waals surface area contributed by atoms with Crippen LogP contribution in [0.5, 0.6) is 0 Å². The van der Waals surface area contributed by atoms with Gasteiger partial charge in [-0.2, -0.15) is 0 Å². The Morgan fingerprint density at radius 3 is 2.21 bits per heavy atom. The summed E-state index contributed by atoms with van der Waals surface area (Å²) in [6.07, 6.45) is 8.91. The molecular formula is C25H45N2O10P. The fourth-order valence-electron chi connectivity index (χ4n) is 4.72. The molecule has 0 saturated carbocycles. The van der Waals surface area contributed by atoms with E-state index in [1.807, 2.05) is 0 Å². The highest BCUT2D eigenvalue weighted by Crippen LogP contribution is 2.40. The lowest BCUT2D eigenvalue weighted by atomic mass is 10.0. The SMILES string of the molecule is CCCCCCCCCCC(CCCCCO[C@@H]1[C@H](O)[C@@H](CO)O[C@H]1n1ccc(=O)[nH]c1=O)OP(=O)(O)O. The summed E-state index contributed by atoms with van der Waals surface area (Å²) in [5.41, 5.74) is -1.28. The summed E-state index contributed by atoms with van der Waals surface area (Å²) in [5, 5.41) is 20.0. The van der Waals surface area contributed by atoms with E-state index < -0.39 is 56.3 Å². The number of aromatic nitrogens is 2. The standard InChI is InChI=1S/C25H45N2O10P/c1-2-3-4-5-6-7-8-10-13-19(37-38(32,33)34)14-11-9-12-17-35-23-22(30)20(18-28)36-24(23)27-16-15-21(29)26-25(27)31/h15-16,19-20,22-24,28,30H,2-14,17-18H2,1H3,(H,26,29,31)(H2,32,33,34)/t19?,20-,22-,23-,24-/m1/s1. The third kappa shape index (κ3) is 11.8. The van der Waals surface area contributed by atoms with Gasteiger partial charge in [-0.15, -0.1) is 0 Å². The van der Waals surface area contributed by atoms with Gasteiger partial charge in [-0.05, 0) is 19.3 Å². The summed E-state index contributed by atoms with van der Waals surface area (Å²) in [6, 6.07) is 1.16. The maximum atomic E-state index is 12.2. The maximum Gasteiger partial charge on any atom is 0.469 e. The van der Waals surface area contributed by atoms with Crippen molar-refractivity contribution in [2.24, 2.45) is 0 Å². The summed E-state index contributed by atoms with van der Waals surface area (Å²) in [4.78, 5) is 44.2. The van der Waals surface area contributed by atoms with Crippen LogP contribution in [-0.2, 0) is 18.6 Å². The van der Waals surface area contributed by atoms with Crippen LogP contribution in [0.15, 0.2) is 21.9 Å². The van der Waals surface area contributed by atoms with Crippen molar-refractivity contribution < 1.29 is 38.6 Å². The predicted octanol–water partition coefficient (Wildman–Crippen LogP) is 2.74. The van der Waals surface area contributed by atoms with Crippen LogP contribution < -0.4 is 11.2 Å². The molecule has 0 bridgehead atoms. The Balaban J connectivity index is 1.75. The fraction of sp³-hybridized carbons (Fsp3) is 0.840. The van der Waals surface area contributed by atoms with Crippen LogP contribution in [-0.4, -0.2) is 67.2 Å². The smallest absolute Gasteiger partial charge is 0.394 e. The Bertz CT molecular complexity index is 949. The summed E-state index contributed by atoms with van der Waals surface area (Å²) >= 11 is 0. The molecule has 1 aromatic heterocycles. The zero-order valence-electron chi connectivity index (χ0n) is 22.3. The first-order valence-electron chi connectivity index (χ1n) is 13.8. The van der Waals surface area contributed by atoms with E-state index in [0.717, 1.165) is 29.9 Å². The van der Waals surface area contributed by atoms with Gasteiger partial charge in [0.1, 0.15) is 18.3 Å². The number of unbranched alkanes of at least 4 members (excludes halogenated alkanes) is 9. The molecule has 0 aromatic carbocycles.